The number of aromatic nitrogens is 1. The second kappa shape index (κ2) is 7.36. The number of halogens is 3. The number of Topliss-reactive ketones (excluding diaryl/α,β-unsaturated/α-hetero) is 1. The fraction of sp³-hybridized carbons (Fsp3) is 0.167. The lowest BCUT2D eigenvalue weighted by molar-refractivity contribution is -0.614. The average molecular weight is 395 g/mol. The maximum atomic E-state index is 12.5. The minimum absolute atomic E-state index is 0.0527. The van der Waals surface area contributed by atoms with E-state index in [1.807, 2.05) is 30.3 Å². The molecule has 27 heavy (non-hydrogen) atoms. The van der Waals surface area contributed by atoms with Crippen LogP contribution in [-0.4, -0.2) is 29.8 Å². The Hall–Kier alpha value is -2.94. The van der Waals surface area contributed by atoms with Gasteiger partial charge in [0, 0.05) is 12.6 Å². The number of rotatable bonds is 5. The number of carbonyl (C=O) groups excluding carboxylic acids is 2. The molecule has 2 aromatic heterocycles. The van der Waals surface area contributed by atoms with Crippen molar-refractivity contribution in [2.75, 3.05) is 7.05 Å². The Morgan fingerprint density at radius 3 is 2.44 bits per heavy atom. The highest BCUT2D eigenvalue weighted by Gasteiger charge is 2.40. The second-order valence-corrected chi connectivity index (χ2v) is 6.84. The van der Waals surface area contributed by atoms with E-state index in [1.54, 1.807) is 6.07 Å². The molecule has 0 aliphatic carbocycles. The summed E-state index contributed by atoms with van der Waals surface area (Å²) in [7, 11) is 1.51. The molecule has 3 rings (SSSR count). The number of ketones is 1. The standard InChI is InChI=1S/C18H13F3N2O3S/c1-23(10-12-9-13(26-22-12)11-5-3-2-4-6-11)17(25)15-8-7-14(27-15)16(24)18(19,20)21/h2-9H,10H2,1H3/p+1. The topological polar surface area (TPSA) is 64.7 Å². The molecule has 0 spiro atoms. The summed E-state index contributed by atoms with van der Waals surface area (Å²) in [6.07, 6.45) is -4.96. The number of alkyl halides is 3. The number of nitrogens with zero attached hydrogens (tertiary/aromatic N) is 1. The SMILES string of the molecule is CN(Cc1cc(-c2ccccc2)o[nH+]1)C(=O)c1ccc(C(=O)C(F)(F)F)s1. The van der Waals surface area contributed by atoms with Crippen LogP contribution in [-0.2, 0) is 6.54 Å². The smallest absolute Gasteiger partial charge is 0.330 e. The maximum absolute atomic E-state index is 12.5. The third kappa shape index (κ3) is 4.25. The van der Waals surface area contributed by atoms with Gasteiger partial charge in [0.1, 0.15) is 6.54 Å². The number of amides is 1. The quantitative estimate of drug-likeness (QED) is 0.617. The van der Waals surface area contributed by atoms with Gasteiger partial charge in [0.25, 0.3) is 11.7 Å². The van der Waals surface area contributed by atoms with Crippen molar-refractivity contribution in [3.05, 3.63) is 64.0 Å². The number of hydrogen-bond acceptors (Lipinski definition) is 4. The van der Waals surface area contributed by atoms with Crippen LogP contribution in [0.4, 0.5) is 13.2 Å². The van der Waals surface area contributed by atoms with E-state index in [0.717, 1.165) is 11.6 Å². The van der Waals surface area contributed by atoms with Gasteiger partial charge in [-0.15, -0.1) is 11.3 Å². The van der Waals surface area contributed by atoms with Crippen molar-refractivity contribution < 1.29 is 32.4 Å². The molecule has 3 aromatic rings. The summed E-state index contributed by atoms with van der Waals surface area (Å²) in [6, 6.07) is 13.3. The average Bonchev–Trinajstić information content (AvgIpc) is 3.30. The van der Waals surface area contributed by atoms with Crippen LogP contribution in [0, 0.1) is 0 Å². The molecule has 5 nitrogen and oxygen atoms in total. The van der Waals surface area contributed by atoms with Gasteiger partial charge in [-0.2, -0.15) is 13.2 Å². The number of thiophene rings is 1. The van der Waals surface area contributed by atoms with Gasteiger partial charge < -0.3 is 4.90 Å². The molecule has 0 atom stereocenters. The molecule has 0 radical (unpaired) electrons. The van der Waals surface area contributed by atoms with E-state index in [1.165, 1.54) is 18.0 Å². The zero-order chi connectivity index (χ0) is 19.6. The molecule has 1 amide bonds. The minimum Gasteiger partial charge on any atom is -0.330 e. The Balaban J connectivity index is 1.69. The lowest BCUT2D eigenvalue weighted by Crippen LogP contribution is -2.27. The number of nitrogens with one attached hydrogen (secondary N) is 1. The normalized spacial score (nSPS) is 11.4. The molecule has 0 saturated carbocycles. The van der Waals surface area contributed by atoms with Gasteiger partial charge in [-0.25, -0.2) is 4.52 Å². The molecule has 0 saturated heterocycles. The molecule has 140 valence electrons. The lowest BCUT2D eigenvalue weighted by atomic mass is 10.1. The summed E-state index contributed by atoms with van der Waals surface area (Å²) in [4.78, 5) is 24.5. The predicted molar refractivity (Wildman–Crippen MR) is 91.2 cm³/mol. The van der Waals surface area contributed by atoms with Gasteiger partial charge in [-0.1, -0.05) is 30.3 Å². The van der Waals surface area contributed by atoms with Crippen molar-refractivity contribution in [3.63, 3.8) is 0 Å². The van der Waals surface area contributed by atoms with E-state index in [9.17, 15) is 22.8 Å². The van der Waals surface area contributed by atoms with Crippen LogP contribution < -0.4 is 5.16 Å². The van der Waals surface area contributed by atoms with Crippen LogP contribution in [0.1, 0.15) is 25.0 Å². The molecular formula is C18H14F3N2O3S+. The number of benzene rings is 1. The van der Waals surface area contributed by atoms with Crippen molar-refractivity contribution >= 4 is 23.0 Å². The largest absolute Gasteiger partial charge is 0.455 e. The molecule has 0 fully saturated rings. The van der Waals surface area contributed by atoms with Crippen LogP contribution in [0.5, 0.6) is 0 Å². The Labute approximate surface area is 156 Å². The molecule has 1 N–H and O–H groups in total. The highest BCUT2D eigenvalue weighted by molar-refractivity contribution is 7.16. The van der Waals surface area contributed by atoms with Gasteiger partial charge in [0.05, 0.1) is 15.8 Å². The van der Waals surface area contributed by atoms with E-state index in [-0.39, 0.29) is 11.4 Å². The summed E-state index contributed by atoms with van der Waals surface area (Å²) in [6.45, 7) is 0.162. The van der Waals surface area contributed by atoms with E-state index >= 15 is 0 Å². The highest BCUT2D eigenvalue weighted by atomic mass is 32.1. The van der Waals surface area contributed by atoms with Gasteiger partial charge in [-0.3, -0.25) is 9.59 Å². The molecule has 0 unspecified atom stereocenters. The van der Waals surface area contributed by atoms with Crippen molar-refractivity contribution in [3.8, 4) is 11.3 Å². The van der Waals surface area contributed by atoms with Crippen LogP contribution in [0.2, 0.25) is 0 Å². The van der Waals surface area contributed by atoms with Crippen LogP contribution in [0.3, 0.4) is 0 Å². The van der Waals surface area contributed by atoms with Gasteiger partial charge >= 0.3 is 6.18 Å². The number of hydrogen-bond donors (Lipinski definition) is 0. The first-order chi connectivity index (χ1) is 12.8. The molecule has 0 aliphatic rings. The molecule has 0 bridgehead atoms. The van der Waals surface area contributed by atoms with Gasteiger partial charge in [0.2, 0.25) is 11.5 Å². The number of H-pyrrole nitrogens is 1. The number of aromatic amines is 1. The first kappa shape index (κ1) is 18.8. The predicted octanol–water partition coefficient (Wildman–Crippen LogP) is 3.84. The Morgan fingerprint density at radius 2 is 1.78 bits per heavy atom. The molecule has 0 aliphatic heterocycles. The molecule has 2 heterocycles. The summed E-state index contributed by atoms with van der Waals surface area (Å²) < 4.78 is 42.8. The first-order valence-corrected chi connectivity index (χ1v) is 8.60. The summed E-state index contributed by atoms with van der Waals surface area (Å²) in [5.74, 6) is -1.84. The second-order valence-electron chi connectivity index (χ2n) is 5.76. The summed E-state index contributed by atoms with van der Waals surface area (Å²) in [5, 5.41) is 2.72. The van der Waals surface area contributed by atoms with E-state index in [0.29, 0.717) is 22.8 Å². The zero-order valence-corrected chi connectivity index (χ0v) is 14.9. The number of carbonyl (C=O) groups is 2. The monoisotopic (exact) mass is 395 g/mol. The summed E-state index contributed by atoms with van der Waals surface area (Å²) >= 11 is 0.523. The van der Waals surface area contributed by atoms with E-state index < -0.39 is 22.7 Å². The first-order valence-electron chi connectivity index (χ1n) is 7.78. The molecular weight excluding hydrogens is 381 g/mol. The van der Waals surface area contributed by atoms with Crippen molar-refractivity contribution in [1.29, 1.82) is 0 Å². The van der Waals surface area contributed by atoms with Crippen LogP contribution >= 0.6 is 11.3 Å². The maximum Gasteiger partial charge on any atom is 0.455 e. The van der Waals surface area contributed by atoms with Crippen LogP contribution in [0.25, 0.3) is 11.3 Å². The fourth-order valence-corrected chi connectivity index (χ4v) is 3.35. The van der Waals surface area contributed by atoms with Crippen molar-refractivity contribution in [2.45, 2.75) is 12.7 Å². The Bertz CT molecular complexity index is 964. The van der Waals surface area contributed by atoms with Gasteiger partial charge in [0.15, 0.2) is 0 Å². The Kier molecular flexibility index (Phi) is 5.13. The highest BCUT2D eigenvalue weighted by Crippen LogP contribution is 2.27. The van der Waals surface area contributed by atoms with Crippen LogP contribution in [0.15, 0.2) is 53.1 Å². The van der Waals surface area contributed by atoms with E-state index in [2.05, 4.69) is 5.16 Å². The summed E-state index contributed by atoms with van der Waals surface area (Å²) in [5.41, 5.74) is 1.48. The third-order valence-electron chi connectivity index (χ3n) is 3.71. The zero-order valence-electron chi connectivity index (χ0n) is 14.0. The lowest BCUT2D eigenvalue weighted by Gasteiger charge is -2.12. The van der Waals surface area contributed by atoms with Gasteiger partial charge in [-0.05, 0) is 17.3 Å². The molecule has 9 heteroatoms. The third-order valence-corrected chi connectivity index (χ3v) is 4.78. The van der Waals surface area contributed by atoms with Crippen molar-refractivity contribution in [2.24, 2.45) is 0 Å². The Morgan fingerprint density at radius 1 is 1.11 bits per heavy atom. The fourth-order valence-electron chi connectivity index (χ4n) is 2.39. The minimum atomic E-state index is -4.96. The van der Waals surface area contributed by atoms with E-state index in [4.69, 9.17) is 4.52 Å². The molecule has 1 aromatic carbocycles. The van der Waals surface area contributed by atoms with Crippen molar-refractivity contribution in [1.82, 2.24) is 4.90 Å².